The van der Waals surface area contributed by atoms with Gasteiger partial charge in [0.15, 0.2) is 5.54 Å². The Balaban J connectivity index is 2.11. The summed E-state index contributed by atoms with van der Waals surface area (Å²) in [6, 6.07) is 1.88. The van der Waals surface area contributed by atoms with Crippen molar-refractivity contribution in [3.8, 4) is 11.3 Å². The van der Waals surface area contributed by atoms with Crippen molar-refractivity contribution in [2.75, 3.05) is 0 Å². The fourth-order valence-corrected chi connectivity index (χ4v) is 1.95. The van der Waals surface area contributed by atoms with Crippen molar-refractivity contribution < 1.29 is 9.90 Å². The molecule has 102 valence electrons. The highest BCUT2D eigenvalue weighted by molar-refractivity contribution is 5.90. The Bertz CT molecular complexity index is 787. The number of carboxylic acids is 1. The van der Waals surface area contributed by atoms with Crippen LogP contribution in [0.4, 0.5) is 0 Å². The Morgan fingerprint density at radius 3 is 2.95 bits per heavy atom. The van der Waals surface area contributed by atoms with Crippen LogP contribution in [0.5, 0.6) is 0 Å². The van der Waals surface area contributed by atoms with Gasteiger partial charge in [0.25, 0.3) is 0 Å². The molecular formula is C13H13N5O2. The topological polar surface area (TPSA) is 96.7 Å². The number of hydrogen-bond acceptors (Lipinski definition) is 4. The van der Waals surface area contributed by atoms with Crippen LogP contribution in [0.25, 0.3) is 22.3 Å². The van der Waals surface area contributed by atoms with E-state index in [-0.39, 0.29) is 0 Å². The third-order valence-electron chi connectivity index (χ3n) is 3.31. The van der Waals surface area contributed by atoms with E-state index < -0.39 is 11.5 Å². The van der Waals surface area contributed by atoms with Crippen LogP contribution >= 0.6 is 0 Å². The molecule has 0 saturated heterocycles. The first-order chi connectivity index (χ1) is 9.50. The first-order valence-corrected chi connectivity index (χ1v) is 6.07. The summed E-state index contributed by atoms with van der Waals surface area (Å²) in [5.41, 5.74) is 1.11. The number of carboxylic acid groups (broad SMARTS) is 1. The zero-order chi connectivity index (χ0) is 14.3. The van der Waals surface area contributed by atoms with E-state index in [0.717, 1.165) is 22.3 Å². The van der Waals surface area contributed by atoms with Gasteiger partial charge in [-0.1, -0.05) is 0 Å². The van der Waals surface area contributed by atoms with Crippen LogP contribution < -0.4 is 0 Å². The van der Waals surface area contributed by atoms with E-state index in [2.05, 4.69) is 20.1 Å². The van der Waals surface area contributed by atoms with Gasteiger partial charge in [0.1, 0.15) is 12.0 Å². The van der Waals surface area contributed by atoms with E-state index in [1.807, 2.05) is 6.07 Å². The molecule has 0 aliphatic carbocycles. The molecule has 0 bridgehead atoms. The van der Waals surface area contributed by atoms with E-state index in [4.69, 9.17) is 0 Å². The molecule has 0 aliphatic heterocycles. The zero-order valence-electron chi connectivity index (χ0n) is 11.0. The summed E-state index contributed by atoms with van der Waals surface area (Å²) in [5.74, 6) is -0.943. The maximum atomic E-state index is 11.2. The standard InChI is InChI=1S/C13H13N5O2/c1-13(2,12(19)20)18-6-8(5-17-18)10-9-3-4-14-11(9)16-7-15-10/h3-7H,1-2H3,(H,19,20)(H,14,15,16). The molecule has 3 aromatic heterocycles. The number of hydrogen-bond donors (Lipinski definition) is 2. The molecule has 0 atom stereocenters. The lowest BCUT2D eigenvalue weighted by Crippen LogP contribution is -2.35. The number of nitrogens with one attached hydrogen (secondary N) is 1. The molecule has 3 aromatic rings. The largest absolute Gasteiger partial charge is 0.479 e. The summed E-state index contributed by atoms with van der Waals surface area (Å²) in [6.45, 7) is 3.19. The molecule has 0 amide bonds. The number of aliphatic carboxylic acids is 1. The zero-order valence-corrected chi connectivity index (χ0v) is 11.0. The van der Waals surface area contributed by atoms with Crippen molar-refractivity contribution in [2.45, 2.75) is 19.4 Å². The fraction of sp³-hybridized carbons (Fsp3) is 0.231. The summed E-state index contributed by atoms with van der Waals surface area (Å²) < 4.78 is 1.42. The number of H-pyrrole nitrogens is 1. The molecule has 0 aliphatic rings. The number of nitrogens with zero attached hydrogens (tertiary/aromatic N) is 4. The monoisotopic (exact) mass is 271 g/mol. The van der Waals surface area contributed by atoms with Crippen LogP contribution in [-0.2, 0) is 10.3 Å². The Kier molecular flexibility index (Phi) is 2.56. The van der Waals surface area contributed by atoms with Gasteiger partial charge < -0.3 is 10.1 Å². The molecule has 2 N–H and O–H groups in total. The van der Waals surface area contributed by atoms with Gasteiger partial charge in [-0.15, -0.1) is 0 Å². The summed E-state index contributed by atoms with van der Waals surface area (Å²) >= 11 is 0. The van der Waals surface area contributed by atoms with Crippen LogP contribution in [0.2, 0.25) is 0 Å². The van der Waals surface area contributed by atoms with Gasteiger partial charge in [-0.2, -0.15) is 5.10 Å². The highest BCUT2D eigenvalue weighted by Crippen LogP contribution is 2.26. The molecule has 20 heavy (non-hydrogen) atoms. The summed E-state index contributed by atoms with van der Waals surface area (Å²) in [5, 5.41) is 14.2. The van der Waals surface area contributed by atoms with Crippen LogP contribution in [-0.4, -0.2) is 35.8 Å². The van der Waals surface area contributed by atoms with E-state index in [0.29, 0.717) is 0 Å². The highest BCUT2D eigenvalue weighted by atomic mass is 16.4. The average Bonchev–Trinajstić information content (AvgIpc) is 3.07. The molecule has 0 fully saturated rings. The minimum absolute atomic E-state index is 0.726. The molecule has 7 heteroatoms. The number of aromatic nitrogens is 5. The summed E-state index contributed by atoms with van der Waals surface area (Å²) in [6.07, 6.45) is 6.55. The third kappa shape index (κ3) is 1.75. The van der Waals surface area contributed by atoms with E-state index in [1.54, 1.807) is 32.4 Å². The highest BCUT2D eigenvalue weighted by Gasteiger charge is 2.30. The molecule has 7 nitrogen and oxygen atoms in total. The van der Waals surface area contributed by atoms with Crippen LogP contribution in [0, 0.1) is 0 Å². The van der Waals surface area contributed by atoms with Crippen molar-refractivity contribution in [1.29, 1.82) is 0 Å². The number of rotatable bonds is 3. The van der Waals surface area contributed by atoms with Gasteiger partial charge >= 0.3 is 5.97 Å². The molecule has 3 rings (SSSR count). The molecular weight excluding hydrogens is 258 g/mol. The number of aromatic amines is 1. The minimum Gasteiger partial charge on any atom is -0.479 e. The predicted molar refractivity (Wildman–Crippen MR) is 72.1 cm³/mol. The lowest BCUT2D eigenvalue weighted by molar-refractivity contribution is -0.146. The van der Waals surface area contributed by atoms with Gasteiger partial charge in [-0.25, -0.2) is 14.8 Å². The van der Waals surface area contributed by atoms with Crippen molar-refractivity contribution >= 4 is 17.0 Å². The van der Waals surface area contributed by atoms with Crippen molar-refractivity contribution in [2.24, 2.45) is 0 Å². The Hall–Kier alpha value is -2.70. The maximum absolute atomic E-state index is 11.2. The van der Waals surface area contributed by atoms with Crippen molar-refractivity contribution in [1.82, 2.24) is 24.7 Å². The van der Waals surface area contributed by atoms with Crippen LogP contribution in [0.15, 0.2) is 31.0 Å². The van der Waals surface area contributed by atoms with Gasteiger partial charge in [0.05, 0.1) is 11.9 Å². The van der Waals surface area contributed by atoms with Gasteiger partial charge in [0, 0.05) is 23.3 Å². The lowest BCUT2D eigenvalue weighted by atomic mass is 10.1. The van der Waals surface area contributed by atoms with Gasteiger partial charge in [-0.3, -0.25) is 4.68 Å². The van der Waals surface area contributed by atoms with Crippen LogP contribution in [0.1, 0.15) is 13.8 Å². The SMILES string of the molecule is CC(C)(C(=O)O)n1cc(-c2ncnc3[nH]ccc23)cn1. The molecule has 0 unspecified atom stereocenters. The first-order valence-electron chi connectivity index (χ1n) is 6.07. The van der Waals surface area contributed by atoms with Crippen LogP contribution in [0.3, 0.4) is 0 Å². The number of fused-ring (bicyclic) bond motifs is 1. The summed E-state index contributed by atoms with van der Waals surface area (Å²) in [7, 11) is 0. The smallest absolute Gasteiger partial charge is 0.331 e. The Morgan fingerprint density at radius 1 is 1.40 bits per heavy atom. The molecule has 0 aromatic carbocycles. The first kappa shape index (κ1) is 12.3. The van der Waals surface area contributed by atoms with Gasteiger partial charge in [0.2, 0.25) is 0 Å². The second-order valence-electron chi connectivity index (χ2n) is 5.00. The normalized spacial score (nSPS) is 11.9. The van der Waals surface area contributed by atoms with Gasteiger partial charge in [-0.05, 0) is 19.9 Å². The quantitative estimate of drug-likeness (QED) is 0.754. The second kappa shape index (κ2) is 4.16. The van der Waals surface area contributed by atoms with Crippen molar-refractivity contribution in [3.63, 3.8) is 0 Å². The Labute approximate surface area is 114 Å². The molecule has 3 heterocycles. The Morgan fingerprint density at radius 2 is 2.20 bits per heavy atom. The maximum Gasteiger partial charge on any atom is 0.331 e. The number of carbonyl (C=O) groups is 1. The van der Waals surface area contributed by atoms with E-state index in [1.165, 1.54) is 11.0 Å². The molecule has 0 radical (unpaired) electrons. The minimum atomic E-state index is -1.11. The average molecular weight is 271 g/mol. The molecule has 0 spiro atoms. The fourth-order valence-electron chi connectivity index (χ4n) is 1.95. The van der Waals surface area contributed by atoms with Crippen molar-refractivity contribution in [3.05, 3.63) is 31.0 Å². The second-order valence-corrected chi connectivity index (χ2v) is 5.00. The molecule has 0 saturated carbocycles. The van der Waals surface area contributed by atoms with E-state index in [9.17, 15) is 9.90 Å². The predicted octanol–water partition coefficient (Wildman–Crippen LogP) is 1.64. The third-order valence-corrected chi connectivity index (χ3v) is 3.31. The lowest BCUT2D eigenvalue weighted by Gasteiger charge is -2.19. The summed E-state index contributed by atoms with van der Waals surface area (Å²) in [4.78, 5) is 22.6. The van der Waals surface area contributed by atoms with E-state index >= 15 is 0 Å².